The van der Waals surface area contributed by atoms with Crippen molar-refractivity contribution in [3.05, 3.63) is 0 Å². The number of hydrogen-bond donors (Lipinski definition) is 0. The van der Waals surface area contributed by atoms with Crippen LogP contribution in [0.4, 0.5) is 26.3 Å². The number of alkyl halides is 6. The molecule has 0 rings (SSSR count). The molecule has 62 valence electrons. The van der Waals surface area contributed by atoms with Crippen LogP contribution in [-0.2, 0) is 0 Å². The summed E-state index contributed by atoms with van der Waals surface area (Å²) in [4.78, 5) is 0. The summed E-state index contributed by atoms with van der Waals surface area (Å²) in [6.07, 6.45) is -10.2. The Balaban J connectivity index is 4.23. The molecule has 0 aromatic rings. The van der Waals surface area contributed by atoms with Crippen molar-refractivity contribution in [3.63, 3.8) is 0 Å². The van der Waals surface area contributed by atoms with E-state index in [4.69, 9.17) is 0 Å². The summed E-state index contributed by atoms with van der Waals surface area (Å²) in [6.45, 7) is 0. The summed E-state index contributed by atoms with van der Waals surface area (Å²) in [5, 5.41) is 0. The Morgan fingerprint density at radius 1 is 0.800 bits per heavy atom. The second kappa shape index (κ2) is 2.44. The molecule has 0 atom stereocenters. The molecule has 10 heavy (non-hydrogen) atoms. The predicted molar refractivity (Wildman–Crippen MR) is 25.8 cm³/mol. The molecule has 0 aliphatic carbocycles. The van der Waals surface area contributed by atoms with Gasteiger partial charge in [0.05, 0.1) is 0 Å². The maximum Gasteiger partial charge on any atom is 0.397 e. The molecule has 0 saturated carbocycles. The average Bonchev–Trinajstić information content (AvgIpc) is 1.59. The summed E-state index contributed by atoms with van der Waals surface area (Å²) in [5.41, 5.74) is -3.10. The fourth-order valence-corrected chi connectivity index (χ4v) is 0.186. The highest BCUT2D eigenvalue weighted by Gasteiger charge is 2.52. The van der Waals surface area contributed by atoms with Crippen LogP contribution in [0.15, 0.2) is 0 Å². The van der Waals surface area contributed by atoms with Crippen molar-refractivity contribution in [1.82, 2.24) is 0 Å². The Hall–Kier alpha value is -0.203. The summed E-state index contributed by atoms with van der Waals surface area (Å²) in [7, 11) is -0.943. The van der Waals surface area contributed by atoms with E-state index in [9.17, 15) is 26.3 Å². The lowest BCUT2D eigenvalue weighted by Crippen LogP contribution is -2.30. The van der Waals surface area contributed by atoms with Crippen molar-refractivity contribution >= 4 is 10.2 Å². The molecule has 0 fully saturated rings. The predicted octanol–water partition coefficient (Wildman–Crippen LogP) is 1.26. The Morgan fingerprint density at radius 2 is 1.00 bits per heavy atom. The van der Waals surface area contributed by atoms with E-state index >= 15 is 0 Å². The van der Waals surface area contributed by atoms with Crippen LogP contribution in [0.2, 0.25) is 5.54 Å². The third kappa shape index (κ3) is 2.59. The molecular formula is C3H4F6Si. The van der Waals surface area contributed by atoms with Gasteiger partial charge in [-0.15, -0.1) is 0 Å². The van der Waals surface area contributed by atoms with Gasteiger partial charge in [0.25, 0.3) is 0 Å². The lowest BCUT2D eigenvalue weighted by Gasteiger charge is -2.17. The van der Waals surface area contributed by atoms with Gasteiger partial charge in [-0.25, -0.2) is 0 Å². The minimum absolute atomic E-state index is 0.943. The van der Waals surface area contributed by atoms with E-state index in [0.717, 1.165) is 0 Å². The van der Waals surface area contributed by atoms with Crippen molar-refractivity contribution in [3.8, 4) is 0 Å². The van der Waals surface area contributed by atoms with Gasteiger partial charge in [-0.2, -0.15) is 26.3 Å². The highest BCUT2D eigenvalue weighted by molar-refractivity contribution is 6.12. The summed E-state index contributed by atoms with van der Waals surface area (Å²) < 4.78 is 67.6. The lowest BCUT2D eigenvalue weighted by molar-refractivity contribution is -0.230. The van der Waals surface area contributed by atoms with Crippen LogP contribution in [0, 0.1) is 0 Å². The normalized spacial score (nSPS) is 14.7. The topological polar surface area (TPSA) is 0 Å². The van der Waals surface area contributed by atoms with Gasteiger partial charge in [0, 0.05) is 10.2 Å². The SMILES string of the molecule is FC(F)(F)C([SiH3])C(F)(F)F. The molecule has 0 bridgehead atoms. The molecule has 0 aliphatic heterocycles. The maximum absolute atomic E-state index is 11.3. The van der Waals surface area contributed by atoms with Crippen LogP contribution in [0.25, 0.3) is 0 Å². The van der Waals surface area contributed by atoms with Crippen molar-refractivity contribution in [2.45, 2.75) is 17.9 Å². The molecule has 7 heteroatoms. The van der Waals surface area contributed by atoms with Crippen LogP contribution < -0.4 is 0 Å². The Kier molecular flexibility index (Phi) is 2.39. The zero-order chi connectivity index (χ0) is 8.58. The van der Waals surface area contributed by atoms with Gasteiger partial charge in [-0.05, 0) is 0 Å². The Bertz CT molecular complexity index is 97.1. The molecule has 0 radical (unpaired) electrons. The van der Waals surface area contributed by atoms with E-state index in [1.807, 2.05) is 0 Å². The zero-order valence-electron chi connectivity index (χ0n) is 4.85. The van der Waals surface area contributed by atoms with Crippen LogP contribution in [-0.4, -0.2) is 22.6 Å². The molecule has 0 heterocycles. The summed E-state index contributed by atoms with van der Waals surface area (Å²) in [5.74, 6) is 0. The average molecular weight is 182 g/mol. The van der Waals surface area contributed by atoms with E-state index in [-0.39, 0.29) is 0 Å². The third-order valence-corrected chi connectivity index (χ3v) is 2.29. The largest absolute Gasteiger partial charge is 0.397 e. The van der Waals surface area contributed by atoms with E-state index < -0.39 is 28.1 Å². The monoisotopic (exact) mass is 182 g/mol. The summed E-state index contributed by atoms with van der Waals surface area (Å²) >= 11 is 0. The van der Waals surface area contributed by atoms with Gasteiger partial charge >= 0.3 is 12.4 Å². The third-order valence-electron chi connectivity index (χ3n) is 0.982. The first-order chi connectivity index (χ1) is 4.15. The molecule has 0 saturated heterocycles. The van der Waals surface area contributed by atoms with Crippen molar-refractivity contribution < 1.29 is 26.3 Å². The number of rotatable bonds is 0. The van der Waals surface area contributed by atoms with E-state index in [2.05, 4.69) is 0 Å². The molecule has 0 nitrogen and oxygen atoms in total. The van der Waals surface area contributed by atoms with Gasteiger partial charge in [0.2, 0.25) is 0 Å². The quantitative estimate of drug-likeness (QED) is 0.391. The van der Waals surface area contributed by atoms with Crippen molar-refractivity contribution in [2.24, 2.45) is 0 Å². The van der Waals surface area contributed by atoms with E-state index in [1.54, 1.807) is 0 Å². The first-order valence-electron chi connectivity index (χ1n) is 2.29. The van der Waals surface area contributed by atoms with Gasteiger partial charge in [-0.3, -0.25) is 0 Å². The van der Waals surface area contributed by atoms with Crippen LogP contribution in [0.5, 0.6) is 0 Å². The van der Waals surface area contributed by atoms with E-state index in [1.165, 1.54) is 0 Å². The van der Waals surface area contributed by atoms with Gasteiger partial charge in [-0.1, -0.05) is 0 Å². The molecular weight excluding hydrogens is 178 g/mol. The number of hydrogen-bond acceptors (Lipinski definition) is 0. The van der Waals surface area contributed by atoms with Crippen molar-refractivity contribution in [2.75, 3.05) is 0 Å². The smallest absolute Gasteiger partial charge is 0.171 e. The van der Waals surface area contributed by atoms with Gasteiger partial charge in [0.1, 0.15) is 5.54 Å². The fourth-order valence-electron chi connectivity index (χ4n) is 0.186. The van der Waals surface area contributed by atoms with Crippen molar-refractivity contribution in [1.29, 1.82) is 0 Å². The molecule has 0 N–H and O–H groups in total. The molecule has 0 aromatic heterocycles. The molecule has 0 spiro atoms. The maximum atomic E-state index is 11.3. The first kappa shape index (κ1) is 9.80. The number of halogens is 6. The minimum atomic E-state index is -5.12. The first-order valence-corrected chi connectivity index (χ1v) is 3.44. The molecule has 0 unspecified atom stereocenters. The molecule has 0 aliphatic rings. The van der Waals surface area contributed by atoms with E-state index in [0.29, 0.717) is 0 Å². The zero-order valence-corrected chi connectivity index (χ0v) is 6.85. The molecule has 0 aromatic carbocycles. The minimum Gasteiger partial charge on any atom is -0.171 e. The highest BCUT2D eigenvalue weighted by atomic mass is 28.1. The van der Waals surface area contributed by atoms with Crippen LogP contribution >= 0.6 is 0 Å². The highest BCUT2D eigenvalue weighted by Crippen LogP contribution is 2.41. The molecule has 0 amide bonds. The van der Waals surface area contributed by atoms with Crippen LogP contribution in [0.3, 0.4) is 0 Å². The Morgan fingerprint density at radius 3 is 1.00 bits per heavy atom. The second-order valence-corrected chi connectivity index (χ2v) is 2.96. The fraction of sp³-hybridized carbons (Fsp3) is 1.00. The lowest BCUT2D eigenvalue weighted by atomic mass is 10.4. The summed E-state index contributed by atoms with van der Waals surface area (Å²) in [6, 6.07) is 0. The van der Waals surface area contributed by atoms with Gasteiger partial charge < -0.3 is 0 Å². The Labute approximate surface area is 55.6 Å². The van der Waals surface area contributed by atoms with Gasteiger partial charge in [0.15, 0.2) is 0 Å². The second-order valence-electron chi connectivity index (χ2n) is 1.80. The van der Waals surface area contributed by atoms with Crippen LogP contribution in [0.1, 0.15) is 0 Å². The standard InChI is InChI=1S/C3H4F6Si/c4-2(5,6)1(10)3(7,8)9/h1H,10H3.